The van der Waals surface area contributed by atoms with Gasteiger partial charge >= 0.3 is 0 Å². The van der Waals surface area contributed by atoms with E-state index in [0.29, 0.717) is 12.1 Å². The Bertz CT molecular complexity index is 1430. The van der Waals surface area contributed by atoms with E-state index in [-0.39, 0.29) is 17.6 Å². The Morgan fingerprint density at radius 1 is 0.771 bits per heavy atom. The number of ketones is 1. The van der Waals surface area contributed by atoms with E-state index in [1.54, 1.807) is 12.1 Å². The highest BCUT2D eigenvalue weighted by molar-refractivity contribution is 9.10. The van der Waals surface area contributed by atoms with Crippen LogP contribution in [0, 0.1) is 22.7 Å². The van der Waals surface area contributed by atoms with Gasteiger partial charge in [-0.3, -0.25) is 14.4 Å². The van der Waals surface area contributed by atoms with Gasteiger partial charge in [0.15, 0.2) is 5.78 Å². The first kappa shape index (κ1) is 22.2. The highest BCUT2D eigenvalue weighted by Gasteiger charge is 2.79. The van der Waals surface area contributed by atoms with E-state index < -0.39 is 22.7 Å². The van der Waals surface area contributed by atoms with E-state index in [4.69, 9.17) is 0 Å². The molecule has 0 unspecified atom stereocenters. The van der Waals surface area contributed by atoms with Crippen molar-refractivity contribution < 1.29 is 14.4 Å². The zero-order chi connectivity index (χ0) is 24.5. The molecule has 5 heteroatoms. The smallest absolute Gasteiger partial charge is 0.239 e. The van der Waals surface area contributed by atoms with Gasteiger partial charge in [-0.05, 0) is 53.8 Å². The lowest BCUT2D eigenvalue weighted by atomic mass is 9.62. The van der Waals surface area contributed by atoms with Crippen LogP contribution < -0.4 is 4.90 Å². The molecule has 1 aliphatic heterocycles. The lowest BCUT2D eigenvalue weighted by Gasteiger charge is -2.37. The Hall–Kier alpha value is -3.31. The molecule has 35 heavy (non-hydrogen) atoms. The summed E-state index contributed by atoms with van der Waals surface area (Å²) in [5.41, 5.74) is 2.03. The summed E-state index contributed by atoms with van der Waals surface area (Å²) in [4.78, 5) is 43.9. The summed E-state index contributed by atoms with van der Waals surface area (Å²) in [5.74, 6) is -2.03. The summed E-state index contributed by atoms with van der Waals surface area (Å²) in [6.07, 6.45) is 0.453. The molecule has 3 aliphatic rings. The number of carbonyl (C=O) groups excluding carboxylic acids is 3. The Kier molecular flexibility index (Phi) is 4.81. The average molecular weight is 526 g/mol. The fraction of sp³-hybridized carbons (Fsp3) is 0.233. The van der Waals surface area contributed by atoms with Crippen LogP contribution in [0.2, 0.25) is 0 Å². The summed E-state index contributed by atoms with van der Waals surface area (Å²) >= 11 is 3.46. The molecule has 2 bridgehead atoms. The molecule has 3 aromatic rings. The predicted octanol–water partition coefficient (Wildman–Crippen LogP) is 6.16. The summed E-state index contributed by atoms with van der Waals surface area (Å²) in [7, 11) is 0. The Morgan fingerprint density at radius 3 is 1.91 bits per heavy atom. The maximum absolute atomic E-state index is 14.4. The number of anilines is 1. The number of carbonyl (C=O) groups is 3. The van der Waals surface area contributed by atoms with Gasteiger partial charge in [-0.2, -0.15) is 0 Å². The fourth-order valence-electron chi connectivity index (χ4n) is 7.00. The molecule has 1 heterocycles. The lowest BCUT2D eigenvalue weighted by Crippen LogP contribution is -2.41. The van der Waals surface area contributed by atoms with Crippen molar-refractivity contribution in [1.82, 2.24) is 0 Å². The largest absolute Gasteiger partial charge is 0.298 e. The van der Waals surface area contributed by atoms with E-state index in [0.717, 1.165) is 26.7 Å². The SMILES string of the molecule is CC[C@@]12C(=O)[C@@](C)(C(c3ccccc3)=C1c1ccccc1)[C@H]1C(=O)N(c3cccc(Br)c3)C(=O)[C@@H]12. The van der Waals surface area contributed by atoms with Crippen LogP contribution in [0.5, 0.6) is 0 Å². The van der Waals surface area contributed by atoms with E-state index in [1.165, 1.54) is 4.90 Å². The molecular weight excluding hydrogens is 502 g/mol. The van der Waals surface area contributed by atoms with Crippen molar-refractivity contribution in [2.75, 3.05) is 4.90 Å². The van der Waals surface area contributed by atoms with Crippen LogP contribution in [-0.2, 0) is 14.4 Å². The molecule has 1 saturated heterocycles. The molecular formula is C30H24BrNO3. The molecule has 2 aliphatic carbocycles. The van der Waals surface area contributed by atoms with Crippen molar-refractivity contribution in [3.8, 4) is 0 Å². The van der Waals surface area contributed by atoms with Crippen LogP contribution in [0.3, 0.4) is 0 Å². The number of imide groups is 1. The number of hydrogen-bond acceptors (Lipinski definition) is 3. The van der Waals surface area contributed by atoms with Gasteiger partial charge in [-0.1, -0.05) is 89.6 Å². The molecule has 6 rings (SSSR count). The highest BCUT2D eigenvalue weighted by Crippen LogP contribution is 2.74. The second-order valence-corrected chi connectivity index (χ2v) is 10.7. The van der Waals surface area contributed by atoms with Gasteiger partial charge in [0.25, 0.3) is 0 Å². The molecule has 4 nitrogen and oxygen atoms in total. The van der Waals surface area contributed by atoms with E-state index in [1.807, 2.05) is 86.6 Å². The van der Waals surface area contributed by atoms with Crippen LogP contribution in [0.15, 0.2) is 89.4 Å². The third kappa shape index (κ3) is 2.65. The summed E-state index contributed by atoms with van der Waals surface area (Å²) < 4.78 is 0.788. The monoisotopic (exact) mass is 525 g/mol. The first-order chi connectivity index (χ1) is 16.9. The number of rotatable bonds is 4. The van der Waals surface area contributed by atoms with Crippen molar-refractivity contribution in [3.05, 3.63) is 101 Å². The van der Waals surface area contributed by atoms with E-state index in [2.05, 4.69) is 15.9 Å². The lowest BCUT2D eigenvalue weighted by molar-refractivity contribution is -0.134. The van der Waals surface area contributed by atoms with Gasteiger partial charge < -0.3 is 0 Å². The number of benzene rings is 3. The van der Waals surface area contributed by atoms with Crippen molar-refractivity contribution in [2.24, 2.45) is 22.7 Å². The highest BCUT2D eigenvalue weighted by atomic mass is 79.9. The van der Waals surface area contributed by atoms with Crippen molar-refractivity contribution in [2.45, 2.75) is 20.3 Å². The topological polar surface area (TPSA) is 54.5 Å². The molecule has 0 spiro atoms. The Balaban J connectivity index is 1.65. The van der Waals surface area contributed by atoms with Crippen molar-refractivity contribution in [3.63, 3.8) is 0 Å². The second-order valence-electron chi connectivity index (χ2n) is 9.79. The molecule has 2 amide bonds. The number of allylic oxidation sites excluding steroid dienone is 2. The quantitative estimate of drug-likeness (QED) is 0.383. The molecule has 1 saturated carbocycles. The maximum Gasteiger partial charge on any atom is 0.239 e. The molecule has 3 aromatic carbocycles. The molecule has 0 radical (unpaired) electrons. The zero-order valence-electron chi connectivity index (χ0n) is 19.5. The Labute approximate surface area is 212 Å². The van der Waals surface area contributed by atoms with Crippen LogP contribution in [-0.4, -0.2) is 17.6 Å². The van der Waals surface area contributed by atoms with Gasteiger partial charge in [-0.15, -0.1) is 0 Å². The van der Waals surface area contributed by atoms with Gasteiger partial charge in [0.05, 0.1) is 28.4 Å². The number of Topliss-reactive ketones (excluding diaryl/α,β-unsaturated/α-hetero) is 1. The van der Waals surface area contributed by atoms with Crippen molar-refractivity contribution in [1.29, 1.82) is 0 Å². The molecule has 174 valence electrons. The first-order valence-electron chi connectivity index (χ1n) is 11.9. The standard InChI is InChI=1S/C30H24BrNO3/c1-3-30-23(19-13-8-5-9-14-19)22(18-11-6-4-7-12-18)29(2,28(30)35)24-25(30)27(34)32(26(24)33)21-16-10-15-20(31)17-21/h4-17,24-25H,3H2,1-2H3/t24-,25-,29+,30-/m1/s1. The third-order valence-electron chi connectivity index (χ3n) is 8.30. The van der Waals surface area contributed by atoms with Crippen LogP contribution >= 0.6 is 15.9 Å². The minimum Gasteiger partial charge on any atom is -0.298 e. The second kappa shape index (κ2) is 7.59. The van der Waals surface area contributed by atoms with Crippen LogP contribution in [0.25, 0.3) is 11.1 Å². The van der Waals surface area contributed by atoms with Gasteiger partial charge in [0.1, 0.15) is 0 Å². The predicted molar refractivity (Wildman–Crippen MR) is 139 cm³/mol. The molecule has 0 N–H and O–H groups in total. The number of nitrogens with zero attached hydrogens (tertiary/aromatic N) is 1. The normalized spacial score (nSPS) is 29.3. The third-order valence-corrected chi connectivity index (χ3v) is 8.79. The number of halogens is 1. The number of amides is 2. The maximum atomic E-state index is 14.4. The number of fused-ring (bicyclic) bond motifs is 5. The molecule has 4 atom stereocenters. The fourth-order valence-corrected chi connectivity index (χ4v) is 7.38. The summed E-state index contributed by atoms with van der Waals surface area (Å²) in [6, 6.07) is 27.0. The van der Waals surface area contributed by atoms with E-state index in [9.17, 15) is 14.4 Å². The Morgan fingerprint density at radius 2 is 1.34 bits per heavy atom. The van der Waals surface area contributed by atoms with Crippen LogP contribution in [0.1, 0.15) is 31.4 Å². The average Bonchev–Trinajstić information content (AvgIpc) is 3.35. The number of hydrogen-bond donors (Lipinski definition) is 0. The van der Waals surface area contributed by atoms with Crippen molar-refractivity contribution >= 4 is 50.4 Å². The first-order valence-corrected chi connectivity index (χ1v) is 12.7. The van der Waals surface area contributed by atoms with Gasteiger partial charge in [0, 0.05) is 4.47 Å². The van der Waals surface area contributed by atoms with Gasteiger partial charge in [0.2, 0.25) is 11.8 Å². The zero-order valence-corrected chi connectivity index (χ0v) is 21.1. The summed E-state index contributed by atoms with van der Waals surface area (Å²) in [6.45, 7) is 3.86. The van der Waals surface area contributed by atoms with Crippen LogP contribution in [0.4, 0.5) is 5.69 Å². The minimum atomic E-state index is -1.10. The summed E-state index contributed by atoms with van der Waals surface area (Å²) in [5, 5.41) is 0. The minimum absolute atomic E-state index is 0.00389. The molecule has 0 aromatic heterocycles. The van der Waals surface area contributed by atoms with E-state index >= 15 is 0 Å². The van der Waals surface area contributed by atoms with Gasteiger partial charge in [-0.25, -0.2) is 4.90 Å². The molecule has 2 fully saturated rings.